The van der Waals surface area contributed by atoms with Crippen LogP contribution in [0.5, 0.6) is 5.75 Å². The standard InChI is InChI=1S/C18H16O5S/c1-4-22-18(20)16-10(2)14-12(21-3)8-7-11(17(14)23-16)15(19)13-6-5-9-24-13/h5-9H,4H2,1-3H3. The minimum absolute atomic E-state index is 0.0941. The molecule has 124 valence electrons. The molecule has 0 bridgehead atoms. The Labute approximate surface area is 142 Å². The highest BCUT2D eigenvalue weighted by Crippen LogP contribution is 2.36. The van der Waals surface area contributed by atoms with Gasteiger partial charge in [0.25, 0.3) is 0 Å². The second-order valence-corrected chi connectivity index (χ2v) is 6.05. The van der Waals surface area contributed by atoms with Crippen LogP contribution in [-0.2, 0) is 4.74 Å². The Hall–Kier alpha value is -2.60. The molecule has 0 aliphatic rings. The van der Waals surface area contributed by atoms with E-state index < -0.39 is 5.97 Å². The molecule has 0 saturated heterocycles. The third-order valence-corrected chi connectivity index (χ3v) is 4.58. The fourth-order valence-electron chi connectivity index (χ4n) is 2.60. The molecule has 0 atom stereocenters. The van der Waals surface area contributed by atoms with Crippen LogP contribution in [0.3, 0.4) is 0 Å². The van der Waals surface area contributed by atoms with Crippen molar-refractivity contribution >= 4 is 34.1 Å². The molecular formula is C18H16O5S. The van der Waals surface area contributed by atoms with E-state index >= 15 is 0 Å². The summed E-state index contributed by atoms with van der Waals surface area (Å²) in [7, 11) is 1.53. The van der Waals surface area contributed by atoms with Crippen molar-refractivity contribution in [2.45, 2.75) is 13.8 Å². The van der Waals surface area contributed by atoms with Crippen molar-refractivity contribution in [1.29, 1.82) is 0 Å². The number of hydrogen-bond donors (Lipinski definition) is 0. The lowest BCUT2D eigenvalue weighted by Crippen LogP contribution is -2.04. The van der Waals surface area contributed by atoms with E-state index in [1.807, 2.05) is 11.4 Å². The first-order valence-electron chi connectivity index (χ1n) is 7.43. The Morgan fingerprint density at radius 2 is 2.04 bits per heavy atom. The van der Waals surface area contributed by atoms with Crippen LogP contribution < -0.4 is 4.74 Å². The van der Waals surface area contributed by atoms with Gasteiger partial charge >= 0.3 is 5.97 Å². The molecule has 0 aliphatic carbocycles. The van der Waals surface area contributed by atoms with Crippen LogP contribution in [0, 0.1) is 6.92 Å². The lowest BCUT2D eigenvalue weighted by Gasteiger charge is -2.05. The van der Waals surface area contributed by atoms with E-state index in [0.717, 1.165) is 0 Å². The SMILES string of the molecule is CCOC(=O)c1oc2c(C(=O)c3cccs3)ccc(OC)c2c1C. The summed E-state index contributed by atoms with van der Waals surface area (Å²) in [5.74, 6) is -0.0642. The predicted octanol–water partition coefficient (Wildman–Crippen LogP) is 4.22. The maximum absolute atomic E-state index is 12.7. The first-order valence-corrected chi connectivity index (χ1v) is 8.31. The predicted molar refractivity (Wildman–Crippen MR) is 91.2 cm³/mol. The molecule has 2 aromatic heterocycles. The number of esters is 1. The van der Waals surface area contributed by atoms with Crippen LogP contribution in [0.2, 0.25) is 0 Å². The van der Waals surface area contributed by atoms with E-state index in [-0.39, 0.29) is 18.2 Å². The molecule has 0 radical (unpaired) electrons. The Morgan fingerprint density at radius 1 is 1.25 bits per heavy atom. The third-order valence-electron chi connectivity index (χ3n) is 3.71. The van der Waals surface area contributed by atoms with Crippen LogP contribution in [0.1, 0.15) is 38.3 Å². The van der Waals surface area contributed by atoms with Crippen LogP contribution >= 0.6 is 11.3 Å². The van der Waals surface area contributed by atoms with E-state index in [0.29, 0.717) is 32.7 Å². The fraction of sp³-hybridized carbons (Fsp3) is 0.222. The zero-order chi connectivity index (χ0) is 17.3. The Kier molecular flexibility index (Phi) is 4.40. The quantitative estimate of drug-likeness (QED) is 0.512. The molecule has 0 aliphatic heterocycles. The number of thiophene rings is 1. The molecule has 6 heteroatoms. The number of aryl methyl sites for hydroxylation is 1. The molecule has 2 heterocycles. The highest BCUT2D eigenvalue weighted by atomic mass is 32.1. The van der Waals surface area contributed by atoms with E-state index in [1.165, 1.54) is 18.4 Å². The number of ether oxygens (including phenoxy) is 2. The van der Waals surface area contributed by atoms with Gasteiger partial charge < -0.3 is 13.9 Å². The smallest absolute Gasteiger partial charge is 0.374 e. The normalized spacial score (nSPS) is 10.8. The van der Waals surface area contributed by atoms with Gasteiger partial charge in [-0.25, -0.2) is 4.79 Å². The van der Waals surface area contributed by atoms with Crippen LogP contribution in [0.4, 0.5) is 0 Å². The fourth-order valence-corrected chi connectivity index (χ4v) is 3.28. The average Bonchev–Trinajstić information content (AvgIpc) is 3.22. The van der Waals surface area contributed by atoms with E-state index in [1.54, 1.807) is 32.0 Å². The largest absolute Gasteiger partial charge is 0.496 e. The average molecular weight is 344 g/mol. The van der Waals surface area contributed by atoms with E-state index in [4.69, 9.17) is 13.9 Å². The number of carbonyl (C=O) groups excluding carboxylic acids is 2. The van der Waals surface area contributed by atoms with Crippen molar-refractivity contribution in [3.8, 4) is 5.75 Å². The van der Waals surface area contributed by atoms with Gasteiger partial charge in [0.15, 0.2) is 0 Å². The summed E-state index contributed by atoms with van der Waals surface area (Å²) < 4.78 is 16.1. The number of ketones is 1. The molecule has 0 amide bonds. The van der Waals surface area contributed by atoms with Gasteiger partial charge in [-0.15, -0.1) is 11.3 Å². The molecule has 24 heavy (non-hydrogen) atoms. The van der Waals surface area contributed by atoms with Gasteiger partial charge in [-0.2, -0.15) is 0 Å². The zero-order valence-electron chi connectivity index (χ0n) is 13.5. The van der Waals surface area contributed by atoms with Gasteiger partial charge in [-0.05, 0) is 37.4 Å². The monoisotopic (exact) mass is 344 g/mol. The molecule has 0 unspecified atom stereocenters. The molecule has 0 N–H and O–H groups in total. The number of furan rings is 1. The summed E-state index contributed by atoms with van der Waals surface area (Å²) >= 11 is 1.36. The Bertz CT molecular complexity index is 905. The van der Waals surface area contributed by atoms with Crippen LogP contribution in [0.15, 0.2) is 34.1 Å². The molecular weight excluding hydrogens is 328 g/mol. The summed E-state index contributed by atoms with van der Waals surface area (Å²) in [6.45, 7) is 3.72. The molecule has 0 fully saturated rings. The van der Waals surface area contributed by atoms with E-state index in [9.17, 15) is 9.59 Å². The number of carbonyl (C=O) groups is 2. The number of rotatable bonds is 5. The Balaban J connectivity index is 2.23. The zero-order valence-corrected chi connectivity index (χ0v) is 14.4. The Morgan fingerprint density at radius 3 is 2.67 bits per heavy atom. The lowest BCUT2D eigenvalue weighted by atomic mass is 10.0. The molecule has 3 aromatic rings. The van der Waals surface area contributed by atoms with E-state index in [2.05, 4.69) is 0 Å². The van der Waals surface area contributed by atoms with Crippen LogP contribution in [0.25, 0.3) is 11.0 Å². The number of hydrogen-bond acceptors (Lipinski definition) is 6. The third kappa shape index (κ3) is 2.59. The number of fused-ring (bicyclic) bond motifs is 1. The number of methoxy groups -OCH3 is 1. The highest BCUT2D eigenvalue weighted by molar-refractivity contribution is 7.12. The van der Waals surface area contributed by atoms with Gasteiger partial charge in [0.1, 0.15) is 11.3 Å². The van der Waals surface area contributed by atoms with Gasteiger partial charge in [0.05, 0.1) is 29.5 Å². The van der Waals surface area contributed by atoms with Crippen molar-refractivity contribution in [3.05, 3.63) is 51.4 Å². The van der Waals surface area contributed by atoms with Gasteiger partial charge in [-0.3, -0.25) is 4.79 Å². The highest BCUT2D eigenvalue weighted by Gasteiger charge is 2.25. The van der Waals surface area contributed by atoms with Crippen LogP contribution in [-0.4, -0.2) is 25.5 Å². The first kappa shape index (κ1) is 16.3. The molecule has 0 saturated carbocycles. The lowest BCUT2D eigenvalue weighted by molar-refractivity contribution is 0.0491. The van der Waals surface area contributed by atoms with Crippen molar-refractivity contribution in [2.75, 3.05) is 13.7 Å². The van der Waals surface area contributed by atoms with Crippen molar-refractivity contribution in [3.63, 3.8) is 0 Å². The maximum Gasteiger partial charge on any atom is 0.374 e. The minimum atomic E-state index is -0.553. The van der Waals surface area contributed by atoms with Crippen molar-refractivity contribution in [1.82, 2.24) is 0 Å². The molecule has 0 spiro atoms. The second kappa shape index (κ2) is 6.49. The summed E-state index contributed by atoms with van der Waals surface area (Å²) in [4.78, 5) is 25.4. The summed E-state index contributed by atoms with van der Waals surface area (Å²) in [5.41, 5.74) is 1.33. The summed E-state index contributed by atoms with van der Waals surface area (Å²) in [6.07, 6.45) is 0. The molecule has 1 aromatic carbocycles. The second-order valence-electron chi connectivity index (χ2n) is 5.10. The van der Waals surface area contributed by atoms with Gasteiger partial charge in [-0.1, -0.05) is 6.07 Å². The van der Waals surface area contributed by atoms with Crippen molar-refractivity contribution < 1.29 is 23.5 Å². The van der Waals surface area contributed by atoms with Crippen molar-refractivity contribution in [2.24, 2.45) is 0 Å². The topological polar surface area (TPSA) is 65.7 Å². The maximum atomic E-state index is 12.7. The minimum Gasteiger partial charge on any atom is -0.496 e. The summed E-state index contributed by atoms with van der Waals surface area (Å²) in [5, 5.41) is 2.45. The number of benzene rings is 1. The molecule has 5 nitrogen and oxygen atoms in total. The van der Waals surface area contributed by atoms with Gasteiger partial charge in [0.2, 0.25) is 11.5 Å². The van der Waals surface area contributed by atoms with Gasteiger partial charge in [0, 0.05) is 5.56 Å². The molecule has 3 rings (SSSR count). The first-order chi connectivity index (χ1) is 11.6. The summed E-state index contributed by atoms with van der Waals surface area (Å²) in [6, 6.07) is 6.93.